The van der Waals surface area contributed by atoms with Crippen molar-refractivity contribution < 1.29 is 29.3 Å². The first-order chi connectivity index (χ1) is 15.9. The number of phenols is 1. The molecule has 3 aromatic rings. The van der Waals surface area contributed by atoms with Crippen LogP contribution >= 0.6 is 11.6 Å². The lowest BCUT2D eigenvalue weighted by Crippen LogP contribution is -2.29. The van der Waals surface area contributed by atoms with Crippen molar-refractivity contribution in [3.63, 3.8) is 0 Å². The Hall–Kier alpha value is -3.97. The molecule has 1 aliphatic rings. The molecule has 168 valence electrons. The summed E-state index contributed by atoms with van der Waals surface area (Å²) >= 11 is 6.13. The lowest BCUT2D eigenvalue weighted by Gasteiger charge is -2.26. The summed E-state index contributed by atoms with van der Waals surface area (Å²) in [4.78, 5) is 27.8. The van der Waals surface area contributed by atoms with Crippen molar-refractivity contribution in [2.45, 2.75) is 6.04 Å². The van der Waals surface area contributed by atoms with E-state index in [4.69, 9.17) is 21.1 Å². The first kappa shape index (κ1) is 22.2. The molecule has 1 aliphatic heterocycles. The van der Waals surface area contributed by atoms with Crippen LogP contribution < -0.4 is 14.4 Å². The highest BCUT2D eigenvalue weighted by Crippen LogP contribution is 2.46. The van der Waals surface area contributed by atoms with Gasteiger partial charge in [-0.3, -0.25) is 14.5 Å². The molecule has 1 heterocycles. The number of hydrogen-bond acceptors (Lipinski definition) is 6. The summed E-state index contributed by atoms with van der Waals surface area (Å²) in [6.07, 6.45) is 0. The summed E-state index contributed by atoms with van der Waals surface area (Å²) in [6, 6.07) is 16.4. The summed E-state index contributed by atoms with van der Waals surface area (Å²) in [7, 11) is 2.88. The van der Waals surface area contributed by atoms with Crippen molar-refractivity contribution in [2.75, 3.05) is 19.1 Å². The number of aliphatic hydroxyl groups excluding tert-OH is 1. The molecule has 1 fully saturated rings. The largest absolute Gasteiger partial charge is 0.508 e. The van der Waals surface area contributed by atoms with Crippen molar-refractivity contribution in [1.82, 2.24) is 0 Å². The fourth-order valence-corrected chi connectivity index (χ4v) is 4.06. The van der Waals surface area contributed by atoms with Gasteiger partial charge in [0, 0.05) is 5.02 Å². The summed E-state index contributed by atoms with van der Waals surface area (Å²) in [5.74, 6) is -1.46. The molecule has 7 nitrogen and oxygen atoms in total. The summed E-state index contributed by atoms with van der Waals surface area (Å²) < 4.78 is 10.7. The number of para-hydroxylation sites is 2. The van der Waals surface area contributed by atoms with Crippen LogP contribution in [0.25, 0.3) is 5.76 Å². The third-order valence-electron chi connectivity index (χ3n) is 5.41. The number of Topliss-reactive ketones (excluding diaryl/α,β-unsaturated/α-hetero) is 1. The van der Waals surface area contributed by atoms with E-state index in [1.54, 1.807) is 48.5 Å². The number of ketones is 1. The number of aromatic hydroxyl groups is 1. The SMILES string of the molecule is COc1ccc(Cl)cc1/C(O)=C1\C(=O)C(=O)N(c2ccccc2OC)C1c1ccc(O)cc1. The van der Waals surface area contributed by atoms with Gasteiger partial charge in [0.1, 0.15) is 23.0 Å². The molecule has 2 N–H and O–H groups in total. The van der Waals surface area contributed by atoms with Crippen LogP contribution in [-0.4, -0.2) is 36.1 Å². The van der Waals surface area contributed by atoms with E-state index in [1.807, 2.05) is 0 Å². The number of halogens is 1. The summed E-state index contributed by atoms with van der Waals surface area (Å²) in [5, 5.41) is 21.4. The molecule has 0 radical (unpaired) electrons. The molecule has 1 unspecified atom stereocenters. The lowest BCUT2D eigenvalue weighted by molar-refractivity contribution is -0.132. The molecule has 0 saturated carbocycles. The fraction of sp³-hybridized carbons (Fsp3) is 0.120. The van der Waals surface area contributed by atoms with Crippen molar-refractivity contribution >= 4 is 34.7 Å². The summed E-state index contributed by atoms with van der Waals surface area (Å²) in [6.45, 7) is 0. The zero-order chi connectivity index (χ0) is 23.7. The first-order valence-electron chi connectivity index (χ1n) is 9.94. The zero-order valence-corrected chi connectivity index (χ0v) is 18.5. The van der Waals surface area contributed by atoms with Gasteiger partial charge in [0.05, 0.1) is 37.1 Å². The Kier molecular flexibility index (Phi) is 5.98. The molecule has 0 spiro atoms. The van der Waals surface area contributed by atoms with Crippen molar-refractivity contribution in [3.05, 3.63) is 88.5 Å². The van der Waals surface area contributed by atoms with Crippen molar-refractivity contribution in [3.8, 4) is 17.2 Å². The van der Waals surface area contributed by atoms with Gasteiger partial charge in [-0.15, -0.1) is 0 Å². The van der Waals surface area contributed by atoms with Gasteiger partial charge in [-0.1, -0.05) is 35.9 Å². The van der Waals surface area contributed by atoms with E-state index in [0.29, 0.717) is 22.0 Å². The van der Waals surface area contributed by atoms with E-state index in [1.165, 1.54) is 37.3 Å². The van der Waals surface area contributed by atoms with Crippen LogP contribution in [0.3, 0.4) is 0 Å². The summed E-state index contributed by atoms with van der Waals surface area (Å²) in [5.41, 5.74) is 0.890. The first-order valence-corrected chi connectivity index (χ1v) is 10.3. The highest BCUT2D eigenvalue weighted by atomic mass is 35.5. The van der Waals surface area contributed by atoms with Crippen molar-refractivity contribution in [2.24, 2.45) is 0 Å². The normalized spacial score (nSPS) is 17.3. The third kappa shape index (κ3) is 3.87. The van der Waals surface area contributed by atoms with Gasteiger partial charge in [-0.2, -0.15) is 0 Å². The highest BCUT2D eigenvalue weighted by Gasteiger charge is 2.48. The molecular formula is C25H20ClNO6. The topological polar surface area (TPSA) is 96.3 Å². The maximum Gasteiger partial charge on any atom is 0.300 e. The maximum atomic E-state index is 13.3. The van der Waals surface area contributed by atoms with E-state index < -0.39 is 23.5 Å². The number of rotatable bonds is 5. The molecule has 1 saturated heterocycles. The van der Waals surface area contributed by atoms with Gasteiger partial charge < -0.3 is 19.7 Å². The van der Waals surface area contributed by atoms with Crippen LogP contribution in [0.2, 0.25) is 5.02 Å². The minimum absolute atomic E-state index is 0.0181. The minimum atomic E-state index is -0.995. The van der Waals surface area contributed by atoms with Crippen LogP contribution in [0.4, 0.5) is 5.69 Å². The van der Waals surface area contributed by atoms with E-state index in [-0.39, 0.29) is 22.6 Å². The molecule has 3 aromatic carbocycles. The number of amides is 1. The Morgan fingerprint density at radius 1 is 0.939 bits per heavy atom. The van der Waals surface area contributed by atoms with E-state index >= 15 is 0 Å². The molecule has 0 bridgehead atoms. The second-order valence-corrected chi connectivity index (χ2v) is 7.71. The van der Waals surface area contributed by atoms with Crippen LogP contribution in [0.15, 0.2) is 72.3 Å². The van der Waals surface area contributed by atoms with Gasteiger partial charge in [-0.05, 0) is 48.0 Å². The Bertz CT molecular complexity index is 1270. The third-order valence-corrected chi connectivity index (χ3v) is 5.65. The second-order valence-electron chi connectivity index (χ2n) is 7.28. The molecule has 0 aromatic heterocycles. The number of benzene rings is 3. The van der Waals surface area contributed by atoms with Crippen LogP contribution in [-0.2, 0) is 9.59 Å². The van der Waals surface area contributed by atoms with Gasteiger partial charge in [0.15, 0.2) is 0 Å². The van der Waals surface area contributed by atoms with Gasteiger partial charge in [-0.25, -0.2) is 0 Å². The quantitative estimate of drug-likeness (QED) is 0.322. The van der Waals surface area contributed by atoms with E-state index in [9.17, 15) is 19.8 Å². The van der Waals surface area contributed by atoms with Crippen LogP contribution in [0, 0.1) is 0 Å². The minimum Gasteiger partial charge on any atom is -0.508 e. The van der Waals surface area contributed by atoms with Gasteiger partial charge in [0.2, 0.25) is 0 Å². The Morgan fingerprint density at radius 3 is 2.27 bits per heavy atom. The monoisotopic (exact) mass is 465 g/mol. The number of carbonyl (C=O) groups is 2. The number of phenolic OH excluding ortho intramolecular Hbond substituents is 1. The molecule has 4 rings (SSSR count). The number of ether oxygens (including phenoxy) is 2. The van der Waals surface area contributed by atoms with Crippen molar-refractivity contribution in [1.29, 1.82) is 0 Å². The predicted molar refractivity (Wildman–Crippen MR) is 124 cm³/mol. The highest BCUT2D eigenvalue weighted by molar-refractivity contribution is 6.52. The van der Waals surface area contributed by atoms with E-state index in [0.717, 1.165) is 0 Å². The Morgan fingerprint density at radius 2 is 1.61 bits per heavy atom. The number of aliphatic hydroxyl groups is 1. The predicted octanol–water partition coefficient (Wildman–Crippen LogP) is 4.69. The molecule has 1 amide bonds. The molecule has 33 heavy (non-hydrogen) atoms. The zero-order valence-electron chi connectivity index (χ0n) is 17.8. The van der Waals surface area contributed by atoms with Gasteiger partial charge in [0.25, 0.3) is 11.7 Å². The standard InChI is InChI=1S/C25H20ClNO6/c1-32-19-12-9-15(26)13-17(19)23(29)21-22(14-7-10-16(28)11-8-14)27(25(31)24(21)30)18-5-3-4-6-20(18)33-2/h3-13,22,28-29H,1-2H3/b23-21+. The number of anilines is 1. The fourth-order valence-electron chi connectivity index (χ4n) is 3.89. The maximum absolute atomic E-state index is 13.3. The van der Waals surface area contributed by atoms with Crippen LogP contribution in [0.1, 0.15) is 17.2 Å². The van der Waals surface area contributed by atoms with Crippen LogP contribution in [0.5, 0.6) is 17.2 Å². The van der Waals surface area contributed by atoms with E-state index in [2.05, 4.69) is 0 Å². The Labute approximate surface area is 195 Å². The number of hydrogen-bond donors (Lipinski definition) is 2. The smallest absolute Gasteiger partial charge is 0.300 e. The molecule has 0 aliphatic carbocycles. The number of carbonyl (C=O) groups excluding carboxylic acids is 2. The molecule has 1 atom stereocenters. The molecule has 8 heteroatoms. The van der Waals surface area contributed by atoms with Gasteiger partial charge >= 0.3 is 0 Å². The Balaban J connectivity index is 2.01. The lowest BCUT2D eigenvalue weighted by atomic mass is 9.94. The second kappa shape index (κ2) is 8.88. The number of methoxy groups -OCH3 is 2. The molecular weight excluding hydrogens is 446 g/mol. The average Bonchev–Trinajstić information content (AvgIpc) is 3.09. The average molecular weight is 466 g/mol. The number of nitrogens with zero attached hydrogens (tertiary/aromatic N) is 1.